The van der Waals surface area contributed by atoms with Crippen molar-refractivity contribution < 1.29 is 5.11 Å². The molecule has 1 aromatic heterocycles. The lowest BCUT2D eigenvalue weighted by atomic mass is 9.76. The number of aromatic nitrogens is 2. The van der Waals surface area contributed by atoms with Crippen molar-refractivity contribution in [1.29, 1.82) is 0 Å². The summed E-state index contributed by atoms with van der Waals surface area (Å²) in [6, 6.07) is 2.09. The van der Waals surface area contributed by atoms with Crippen molar-refractivity contribution in [3.63, 3.8) is 0 Å². The summed E-state index contributed by atoms with van der Waals surface area (Å²) in [5.41, 5.74) is 1.45. The molecule has 0 unspecified atom stereocenters. The highest BCUT2D eigenvalue weighted by molar-refractivity contribution is 5.02. The first-order chi connectivity index (χ1) is 8.70. The Morgan fingerprint density at radius 2 is 2.28 bits per heavy atom. The van der Waals surface area contributed by atoms with Crippen molar-refractivity contribution in [2.24, 2.45) is 12.5 Å². The highest BCUT2D eigenvalue weighted by Crippen LogP contribution is 2.45. The largest absolute Gasteiger partial charge is 0.393 e. The number of aliphatic hydroxyl groups excluding tert-OH is 1. The minimum atomic E-state index is -0.0770. The van der Waals surface area contributed by atoms with Crippen molar-refractivity contribution in [2.45, 2.75) is 44.8 Å². The molecule has 1 aromatic rings. The van der Waals surface area contributed by atoms with Crippen LogP contribution in [0.2, 0.25) is 0 Å². The van der Waals surface area contributed by atoms with Crippen molar-refractivity contribution in [1.82, 2.24) is 14.7 Å². The Morgan fingerprint density at radius 3 is 2.94 bits per heavy atom. The summed E-state index contributed by atoms with van der Waals surface area (Å²) < 4.78 is 1.95. The molecule has 0 amide bonds. The molecular weight excluding hydrogens is 226 g/mol. The molecular formula is C14H23N3O. The maximum atomic E-state index is 10.3. The molecule has 100 valence electrons. The smallest absolute Gasteiger partial charge is 0.0608 e. The van der Waals surface area contributed by atoms with Gasteiger partial charge >= 0.3 is 0 Å². The molecule has 2 fully saturated rings. The number of nitrogens with zero attached hydrogens (tertiary/aromatic N) is 3. The van der Waals surface area contributed by atoms with Crippen LogP contribution in [0.4, 0.5) is 0 Å². The molecule has 1 N–H and O–H groups in total. The van der Waals surface area contributed by atoms with Gasteiger partial charge in [0.25, 0.3) is 0 Å². The molecule has 2 heterocycles. The summed E-state index contributed by atoms with van der Waals surface area (Å²) in [4.78, 5) is 2.50. The van der Waals surface area contributed by atoms with Gasteiger partial charge in [-0.1, -0.05) is 6.42 Å². The number of likely N-dealkylation sites (tertiary alicyclic amines) is 1. The fraction of sp³-hybridized carbons (Fsp3) is 0.786. The first kappa shape index (κ1) is 12.2. The second-order valence-electron chi connectivity index (χ2n) is 6.03. The van der Waals surface area contributed by atoms with E-state index in [-0.39, 0.29) is 11.5 Å². The summed E-state index contributed by atoms with van der Waals surface area (Å²) in [7, 11) is 2.00. The molecule has 4 nitrogen and oxygen atoms in total. The van der Waals surface area contributed by atoms with E-state index in [1.165, 1.54) is 31.4 Å². The van der Waals surface area contributed by atoms with Crippen LogP contribution in [0.5, 0.6) is 0 Å². The fourth-order valence-corrected chi connectivity index (χ4v) is 3.77. The summed E-state index contributed by atoms with van der Waals surface area (Å²) in [5, 5.41) is 14.5. The minimum absolute atomic E-state index is 0.0770. The van der Waals surface area contributed by atoms with E-state index in [1.54, 1.807) is 0 Å². The maximum absolute atomic E-state index is 10.3. The number of hydrogen-bond acceptors (Lipinski definition) is 3. The maximum Gasteiger partial charge on any atom is 0.0608 e. The second-order valence-corrected chi connectivity index (χ2v) is 6.03. The predicted molar refractivity (Wildman–Crippen MR) is 70.0 cm³/mol. The third-order valence-electron chi connectivity index (χ3n) is 4.85. The SMILES string of the molecule is Cn1nccc1CN1CCC[C@]2(CCC[C@H]2O)C1. The van der Waals surface area contributed by atoms with Gasteiger partial charge in [0.05, 0.1) is 11.8 Å². The van der Waals surface area contributed by atoms with Crippen molar-refractivity contribution in [3.8, 4) is 0 Å². The third-order valence-corrected chi connectivity index (χ3v) is 4.85. The van der Waals surface area contributed by atoms with Gasteiger partial charge in [0.1, 0.15) is 0 Å². The number of hydrogen-bond donors (Lipinski definition) is 1. The molecule has 2 aliphatic rings. The van der Waals surface area contributed by atoms with E-state index in [4.69, 9.17) is 0 Å². The summed E-state index contributed by atoms with van der Waals surface area (Å²) in [5.74, 6) is 0. The van der Waals surface area contributed by atoms with E-state index in [9.17, 15) is 5.11 Å². The number of rotatable bonds is 2. The summed E-state index contributed by atoms with van der Waals surface area (Å²) in [6.07, 6.45) is 7.60. The van der Waals surface area contributed by atoms with Crippen molar-refractivity contribution in [3.05, 3.63) is 18.0 Å². The first-order valence-electron chi connectivity index (χ1n) is 7.07. The van der Waals surface area contributed by atoms with Gasteiger partial charge in [-0.2, -0.15) is 5.10 Å². The van der Waals surface area contributed by atoms with E-state index in [0.717, 1.165) is 26.1 Å². The van der Waals surface area contributed by atoms with Crippen molar-refractivity contribution in [2.75, 3.05) is 13.1 Å². The van der Waals surface area contributed by atoms with Gasteiger partial charge in [-0.15, -0.1) is 0 Å². The Bertz CT molecular complexity index is 417. The summed E-state index contributed by atoms with van der Waals surface area (Å²) >= 11 is 0. The quantitative estimate of drug-likeness (QED) is 0.864. The Balaban J connectivity index is 1.69. The van der Waals surface area contributed by atoms with Gasteiger partial charge in [-0.05, 0) is 38.3 Å². The van der Waals surface area contributed by atoms with Crippen LogP contribution in [0.3, 0.4) is 0 Å². The van der Waals surface area contributed by atoms with Gasteiger partial charge in [0.2, 0.25) is 0 Å². The van der Waals surface area contributed by atoms with Gasteiger partial charge in [-0.3, -0.25) is 9.58 Å². The summed E-state index contributed by atoms with van der Waals surface area (Å²) in [6.45, 7) is 3.17. The molecule has 0 bridgehead atoms. The number of aliphatic hydroxyl groups is 1. The van der Waals surface area contributed by atoms with E-state index in [0.29, 0.717) is 0 Å². The highest BCUT2D eigenvalue weighted by Gasteiger charge is 2.44. The van der Waals surface area contributed by atoms with Crippen LogP contribution < -0.4 is 0 Å². The highest BCUT2D eigenvalue weighted by atomic mass is 16.3. The van der Waals surface area contributed by atoms with Gasteiger partial charge in [0, 0.05) is 31.7 Å². The van der Waals surface area contributed by atoms with E-state index in [2.05, 4.69) is 16.1 Å². The lowest BCUT2D eigenvalue weighted by Gasteiger charge is -2.42. The molecule has 18 heavy (non-hydrogen) atoms. The van der Waals surface area contributed by atoms with Crippen LogP contribution in [-0.4, -0.2) is 39.0 Å². The number of piperidine rings is 1. The average Bonchev–Trinajstić information content (AvgIpc) is 2.89. The van der Waals surface area contributed by atoms with E-state index >= 15 is 0 Å². The Kier molecular flexibility index (Phi) is 3.16. The molecule has 4 heteroatoms. The molecule has 3 rings (SSSR count). The predicted octanol–water partition coefficient (Wildman–Crippen LogP) is 1.55. The monoisotopic (exact) mass is 249 g/mol. The molecule has 0 radical (unpaired) electrons. The second kappa shape index (κ2) is 4.67. The van der Waals surface area contributed by atoms with E-state index < -0.39 is 0 Å². The van der Waals surface area contributed by atoms with Crippen LogP contribution in [0.1, 0.15) is 37.8 Å². The van der Waals surface area contributed by atoms with Crippen molar-refractivity contribution >= 4 is 0 Å². The molecule has 1 saturated carbocycles. The molecule has 1 spiro atoms. The standard InChI is InChI=1S/C14H23N3O/c1-16-12(5-8-15-16)10-17-9-3-7-14(11-17)6-2-4-13(14)18/h5,8,13,18H,2-4,6-7,9-11H2,1H3/t13-,14-/m1/s1. The lowest BCUT2D eigenvalue weighted by Crippen LogP contribution is -2.46. The van der Waals surface area contributed by atoms with Crippen LogP contribution in [0.25, 0.3) is 0 Å². The van der Waals surface area contributed by atoms with Gasteiger partial charge in [0.15, 0.2) is 0 Å². The van der Waals surface area contributed by atoms with Crippen LogP contribution >= 0.6 is 0 Å². The molecule has 1 saturated heterocycles. The Labute approximate surface area is 109 Å². The Morgan fingerprint density at radius 1 is 1.44 bits per heavy atom. The molecule has 0 aromatic carbocycles. The van der Waals surface area contributed by atoms with E-state index in [1.807, 2.05) is 17.9 Å². The lowest BCUT2D eigenvalue weighted by molar-refractivity contribution is -0.0126. The molecule has 1 aliphatic heterocycles. The zero-order chi connectivity index (χ0) is 12.6. The number of aryl methyl sites for hydroxylation is 1. The zero-order valence-electron chi connectivity index (χ0n) is 11.2. The Hall–Kier alpha value is -0.870. The van der Waals surface area contributed by atoms with Gasteiger partial charge < -0.3 is 5.11 Å². The minimum Gasteiger partial charge on any atom is -0.393 e. The third kappa shape index (κ3) is 2.08. The topological polar surface area (TPSA) is 41.3 Å². The fourth-order valence-electron chi connectivity index (χ4n) is 3.77. The normalized spacial score (nSPS) is 33.3. The van der Waals surface area contributed by atoms with Gasteiger partial charge in [-0.25, -0.2) is 0 Å². The first-order valence-corrected chi connectivity index (χ1v) is 7.07. The molecule has 2 atom stereocenters. The molecule has 1 aliphatic carbocycles. The van der Waals surface area contributed by atoms with Crippen LogP contribution in [0.15, 0.2) is 12.3 Å². The van der Waals surface area contributed by atoms with Crippen LogP contribution in [-0.2, 0) is 13.6 Å². The van der Waals surface area contributed by atoms with Crippen LogP contribution in [0, 0.1) is 5.41 Å². The zero-order valence-corrected chi connectivity index (χ0v) is 11.2. The average molecular weight is 249 g/mol.